The second-order valence-electron chi connectivity index (χ2n) is 9.33. The van der Waals surface area contributed by atoms with Crippen molar-refractivity contribution < 1.29 is 9.21 Å². The number of carbonyl (C=O) groups excluding carboxylic acids is 1. The lowest BCUT2D eigenvalue weighted by molar-refractivity contribution is -0.132. The first-order valence-electron chi connectivity index (χ1n) is 12.3. The van der Waals surface area contributed by atoms with Gasteiger partial charge in [-0.15, -0.1) is 10.2 Å². The Hall–Kier alpha value is -4.31. The summed E-state index contributed by atoms with van der Waals surface area (Å²) in [6, 6.07) is 13.1. The number of benzene rings is 1. The molecular weight excluding hydrogens is 506 g/mol. The van der Waals surface area contributed by atoms with Crippen molar-refractivity contribution in [1.29, 1.82) is 0 Å². The minimum Gasteiger partial charge on any atom is -0.420 e. The molecule has 1 fully saturated rings. The van der Waals surface area contributed by atoms with Crippen LogP contribution in [0.4, 0.5) is 0 Å². The van der Waals surface area contributed by atoms with Gasteiger partial charge in [-0.25, -0.2) is 9.78 Å². The molecule has 6 rings (SSSR count). The van der Waals surface area contributed by atoms with E-state index < -0.39 is 0 Å². The van der Waals surface area contributed by atoms with Gasteiger partial charge in [-0.2, -0.15) is 0 Å². The first-order valence-corrected chi connectivity index (χ1v) is 12.7. The van der Waals surface area contributed by atoms with E-state index in [1.807, 2.05) is 43.3 Å². The van der Waals surface area contributed by atoms with Crippen molar-refractivity contribution in [3.8, 4) is 22.6 Å². The van der Waals surface area contributed by atoms with Gasteiger partial charge in [-0.1, -0.05) is 17.7 Å². The van der Waals surface area contributed by atoms with Crippen LogP contribution in [0.15, 0.2) is 64.1 Å². The van der Waals surface area contributed by atoms with E-state index in [-0.39, 0.29) is 30.0 Å². The van der Waals surface area contributed by atoms with Crippen molar-refractivity contribution in [2.75, 3.05) is 13.1 Å². The van der Waals surface area contributed by atoms with Crippen LogP contribution in [0.5, 0.6) is 0 Å². The largest absolute Gasteiger partial charge is 0.420 e. The van der Waals surface area contributed by atoms with Crippen molar-refractivity contribution in [3.05, 3.63) is 81.9 Å². The number of aryl methyl sites for hydroxylation is 1. The third kappa shape index (κ3) is 4.58. The highest BCUT2D eigenvalue weighted by Crippen LogP contribution is 2.31. The Morgan fingerprint density at radius 2 is 1.84 bits per heavy atom. The molecule has 1 saturated heterocycles. The van der Waals surface area contributed by atoms with Crippen molar-refractivity contribution >= 4 is 28.7 Å². The number of amides is 1. The number of nitrogens with one attached hydrogen (secondary N) is 1. The lowest BCUT2D eigenvalue weighted by atomic mass is 10.0. The molecule has 0 radical (unpaired) electrons. The molecule has 38 heavy (non-hydrogen) atoms. The number of halogens is 1. The summed E-state index contributed by atoms with van der Waals surface area (Å²) < 4.78 is 7.60. The zero-order valence-electron chi connectivity index (χ0n) is 20.6. The van der Waals surface area contributed by atoms with Crippen LogP contribution in [0.1, 0.15) is 30.5 Å². The fourth-order valence-electron chi connectivity index (χ4n) is 5.04. The molecule has 10 nitrogen and oxygen atoms in total. The zero-order valence-corrected chi connectivity index (χ0v) is 21.4. The summed E-state index contributed by atoms with van der Waals surface area (Å²) in [7, 11) is 0. The predicted molar refractivity (Wildman–Crippen MR) is 142 cm³/mol. The molecule has 11 heteroatoms. The van der Waals surface area contributed by atoms with Crippen LogP contribution < -0.4 is 5.69 Å². The molecule has 1 aromatic carbocycles. The van der Waals surface area contributed by atoms with E-state index >= 15 is 0 Å². The van der Waals surface area contributed by atoms with Crippen molar-refractivity contribution in [2.24, 2.45) is 0 Å². The summed E-state index contributed by atoms with van der Waals surface area (Å²) in [4.78, 5) is 38.7. The number of H-pyrrole nitrogens is 1. The van der Waals surface area contributed by atoms with E-state index in [0.29, 0.717) is 48.1 Å². The lowest BCUT2D eigenvalue weighted by Crippen LogP contribution is -2.41. The first-order chi connectivity index (χ1) is 18.5. The Labute approximate surface area is 222 Å². The van der Waals surface area contributed by atoms with E-state index in [2.05, 4.69) is 25.1 Å². The predicted octanol–water partition coefficient (Wildman–Crippen LogP) is 4.20. The molecular formula is C27H24ClN7O3. The summed E-state index contributed by atoms with van der Waals surface area (Å²) in [6.07, 6.45) is 4.74. The summed E-state index contributed by atoms with van der Waals surface area (Å²) in [5.41, 5.74) is 4.58. The number of piperidine rings is 1. The monoisotopic (exact) mass is 529 g/mol. The second-order valence-corrected chi connectivity index (χ2v) is 9.76. The van der Waals surface area contributed by atoms with E-state index in [0.717, 1.165) is 22.3 Å². The molecule has 0 spiro atoms. The highest BCUT2D eigenvalue weighted by molar-refractivity contribution is 6.31. The number of aromatic nitrogens is 6. The minimum atomic E-state index is -0.176. The fraction of sp³-hybridized carbons (Fsp3) is 0.259. The summed E-state index contributed by atoms with van der Waals surface area (Å²) >= 11 is 6.39. The molecule has 1 aliphatic heterocycles. The minimum absolute atomic E-state index is 0.0000154. The topological polar surface area (TPSA) is 123 Å². The van der Waals surface area contributed by atoms with Crippen LogP contribution in [-0.2, 0) is 11.2 Å². The van der Waals surface area contributed by atoms with E-state index in [9.17, 15) is 9.59 Å². The molecule has 0 bridgehead atoms. The lowest BCUT2D eigenvalue weighted by Gasteiger charge is -2.32. The number of imidazole rings is 1. The number of aromatic amines is 1. The number of hydrogen-bond acceptors (Lipinski definition) is 7. The average molecular weight is 530 g/mol. The maximum absolute atomic E-state index is 13.0. The molecule has 1 aliphatic rings. The Morgan fingerprint density at radius 3 is 2.66 bits per heavy atom. The van der Waals surface area contributed by atoms with E-state index in [1.54, 1.807) is 27.9 Å². The Bertz CT molecular complexity index is 1700. The smallest absolute Gasteiger partial charge is 0.327 e. The van der Waals surface area contributed by atoms with Gasteiger partial charge in [0.15, 0.2) is 5.65 Å². The van der Waals surface area contributed by atoms with Crippen molar-refractivity contribution in [2.45, 2.75) is 32.2 Å². The van der Waals surface area contributed by atoms with Gasteiger partial charge < -0.3 is 9.32 Å². The molecule has 192 valence electrons. The van der Waals surface area contributed by atoms with Gasteiger partial charge in [0, 0.05) is 53.4 Å². The Morgan fingerprint density at radius 1 is 1.08 bits per heavy atom. The van der Waals surface area contributed by atoms with Gasteiger partial charge in [0.2, 0.25) is 17.7 Å². The number of fused-ring (bicyclic) bond motifs is 1. The molecule has 1 N–H and O–H groups in total. The fourth-order valence-corrected chi connectivity index (χ4v) is 5.27. The van der Waals surface area contributed by atoms with Crippen molar-refractivity contribution in [3.63, 3.8) is 0 Å². The molecule has 0 atom stereocenters. The van der Waals surface area contributed by atoms with Gasteiger partial charge in [0.05, 0.1) is 5.52 Å². The molecule has 0 saturated carbocycles. The third-order valence-corrected chi connectivity index (χ3v) is 7.12. The Kier molecular flexibility index (Phi) is 6.24. The van der Waals surface area contributed by atoms with Crippen molar-refractivity contribution in [1.82, 2.24) is 34.6 Å². The van der Waals surface area contributed by atoms with Gasteiger partial charge in [0.1, 0.15) is 6.42 Å². The standard InChI is InChI=1S/C27H24ClN7O3/c1-16-21(4-2-8-29-16)17-12-18(14-19(28)13-17)26-33-32-23(38-26)15-24(36)34-10-6-20(7-11-34)35-22-5-3-9-30-25(22)31-27(35)37/h2-5,8-9,12-14,20H,6-7,10-11,15H2,1H3,(H,30,31,37). The van der Waals surface area contributed by atoms with Crippen LogP contribution in [0.25, 0.3) is 33.7 Å². The van der Waals surface area contributed by atoms with Gasteiger partial charge >= 0.3 is 5.69 Å². The molecule has 0 unspecified atom stereocenters. The first kappa shape index (κ1) is 24.1. The molecule has 5 aromatic rings. The number of pyridine rings is 2. The maximum Gasteiger partial charge on any atom is 0.327 e. The van der Waals surface area contributed by atoms with Gasteiger partial charge in [0.25, 0.3) is 0 Å². The maximum atomic E-state index is 13.0. The zero-order chi connectivity index (χ0) is 26.2. The molecule has 1 amide bonds. The van der Waals surface area contributed by atoms with Crippen LogP contribution in [-0.4, -0.2) is 53.6 Å². The third-order valence-electron chi connectivity index (χ3n) is 6.90. The van der Waals surface area contributed by atoms with Crippen LogP contribution in [0, 0.1) is 6.92 Å². The molecule has 4 aromatic heterocycles. The Balaban J connectivity index is 1.13. The average Bonchev–Trinajstić information content (AvgIpc) is 3.52. The number of carbonyl (C=O) groups is 1. The number of rotatable bonds is 5. The highest BCUT2D eigenvalue weighted by Gasteiger charge is 2.27. The van der Waals surface area contributed by atoms with Crippen LogP contribution in [0.3, 0.4) is 0 Å². The van der Waals surface area contributed by atoms with Gasteiger partial charge in [-0.3, -0.25) is 19.3 Å². The summed E-state index contributed by atoms with van der Waals surface area (Å²) in [6.45, 7) is 3.00. The molecule has 0 aliphatic carbocycles. The quantitative estimate of drug-likeness (QED) is 0.362. The number of likely N-dealkylation sites (tertiary alicyclic amines) is 1. The van der Waals surface area contributed by atoms with E-state index in [1.165, 1.54) is 0 Å². The van der Waals surface area contributed by atoms with E-state index in [4.69, 9.17) is 16.0 Å². The van der Waals surface area contributed by atoms with Crippen LogP contribution in [0.2, 0.25) is 5.02 Å². The molecule has 5 heterocycles. The second kappa shape index (κ2) is 9.86. The normalized spacial score (nSPS) is 14.3. The summed E-state index contributed by atoms with van der Waals surface area (Å²) in [5.74, 6) is 0.443. The van der Waals surface area contributed by atoms with Gasteiger partial charge in [-0.05, 0) is 61.7 Å². The SMILES string of the molecule is Cc1ncccc1-c1cc(Cl)cc(-c2nnc(CC(=O)N3CCC(n4c(=O)[nH]c5ncccc54)CC3)o2)c1. The number of hydrogen-bond donors (Lipinski definition) is 1. The number of nitrogens with zero attached hydrogens (tertiary/aromatic N) is 6. The van der Waals surface area contributed by atoms with Crippen LogP contribution >= 0.6 is 11.6 Å². The highest BCUT2D eigenvalue weighted by atomic mass is 35.5. The summed E-state index contributed by atoms with van der Waals surface area (Å²) in [5, 5.41) is 8.79.